The van der Waals surface area contributed by atoms with Crippen molar-refractivity contribution in [2.24, 2.45) is 11.1 Å². The number of likely N-dealkylation sites (tertiary alicyclic amines) is 1. The summed E-state index contributed by atoms with van der Waals surface area (Å²) < 4.78 is 1.83. The number of carbonyl (C=O) groups excluding carboxylic acids is 1. The van der Waals surface area contributed by atoms with Crippen molar-refractivity contribution in [3.8, 4) is 0 Å². The zero-order chi connectivity index (χ0) is 15.5. The molecule has 134 valence electrons. The summed E-state index contributed by atoms with van der Waals surface area (Å²) in [6.45, 7) is 9.38. The smallest absolute Gasteiger partial charge is 0.239 e. The maximum absolute atomic E-state index is 12.2. The molecule has 1 aliphatic rings. The van der Waals surface area contributed by atoms with Crippen LogP contribution in [0, 0.1) is 5.41 Å². The van der Waals surface area contributed by atoms with E-state index in [9.17, 15) is 4.79 Å². The van der Waals surface area contributed by atoms with Crippen molar-refractivity contribution < 1.29 is 4.79 Å². The Hall–Kier alpha value is -0.820. The van der Waals surface area contributed by atoms with Gasteiger partial charge in [-0.1, -0.05) is 20.8 Å². The van der Waals surface area contributed by atoms with Crippen molar-refractivity contribution in [1.82, 2.24) is 14.7 Å². The molecule has 2 heterocycles. The molecule has 1 saturated heterocycles. The number of carbonyl (C=O) groups is 1. The van der Waals surface area contributed by atoms with Gasteiger partial charge in [-0.05, 0) is 18.3 Å². The van der Waals surface area contributed by atoms with Gasteiger partial charge in [0.25, 0.3) is 0 Å². The van der Waals surface area contributed by atoms with Crippen molar-refractivity contribution >= 4 is 36.5 Å². The minimum absolute atomic E-state index is 0. The molecule has 0 aliphatic carbocycles. The minimum Gasteiger partial charge on any atom is -0.327 e. The van der Waals surface area contributed by atoms with Crippen LogP contribution in [0.1, 0.15) is 33.6 Å². The number of anilines is 1. The van der Waals surface area contributed by atoms with Crippen LogP contribution in [0.25, 0.3) is 0 Å². The number of halogens is 2. The molecule has 1 unspecified atom stereocenters. The predicted octanol–water partition coefficient (Wildman–Crippen LogP) is 2.13. The molecule has 6 nitrogen and oxygen atoms in total. The van der Waals surface area contributed by atoms with E-state index in [2.05, 4.69) is 36.1 Å². The first-order valence-corrected chi connectivity index (χ1v) is 7.72. The second-order valence-electron chi connectivity index (χ2n) is 6.58. The molecule has 1 atom stereocenters. The van der Waals surface area contributed by atoms with Crippen LogP contribution >= 0.6 is 24.8 Å². The summed E-state index contributed by atoms with van der Waals surface area (Å²) in [7, 11) is 0. The number of amides is 1. The first kappa shape index (κ1) is 22.2. The molecular weight excluding hydrogens is 337 g/mol. The lowest BCUT2D eigenvalue weighted by molar-refractivity contribution is -0.118. The van der Waals surface area contributed by atoms with Gasteiger partial charge in [0, 0.05) is 31.7 Å². The fourth-order valence-corrected chi connectivity index (χ4v) is 2.83. The molecule has 1 amide bonds. The lowest BCUT2D eigenvalue weighted by Gasteiger charge is -2.42. The number of nitrogens with two attached hydrogens (primary N) is 1. The number of nitrogens with zero attached hydrogens (tertiary/aromatic N) is 3. The number of rotatable bonds is 5. The summed E-state index contributed by atoms with van der Waals surface area (Å²) in [5.41, 5.74) is 6.19. The van der Waals surface area contributed by atoms with E-state index < -0.39 is 0 Å². The SMILES string of the molecule is CCCn1nccc1NC(=O)CN1CCC(N)C(C)(C)C1.Cl.Cl. The van der Waals surface area contributed by atoms with Crippen LogP contribution in [-0.4, -0.2) is 46.3 Å². The number of piperidine rings is 1. The second kappa shape index (κ2) is 9.47. The number of aromatic nitrogens is 2. The van der Waals surface area contributed by atoms with Crippen LogP contribution in [0.3, 0.4) is 0 Å². The number of nitrogens with one attached hydrogen (secondary N) is 1. The zero-order valence-corrected chi connectivity index (χ0v) is 15.8. The van der Waals surface area contributed by atoms with Crippen LogP contribution in [0.5, 0.6) is 0 Å². The van der Waals surface area contributed by atoms with Gasteiger partial charge in [-0.3, -0.25) is 9.69 Å². The van der Waals surface area contributed by atoms with Crippen LogP contribution in [0.4, 0.5) is 5.82 Å². The van der Waals surface area contributed by atoms with Gasteiger partial charge in [0.15, 0.2) is 0 Å². The van der Waals surface area contributed by atoms with E-state index in [-0.39, 0.29) is 42.2 Å². The first-order chi connectivity index (χ1) is 9.92. The molecule has 3 N–H and O–H groups in total. The third kappa shape index (κ3) is 5.95. The Bertz CT molecular complexity index is 492. The molecule has 0 bridgehead atoms. The fraction of sp³-hybridized carbons (Fsp3) is 0.733. The van der Waals surface area contributed by atoms with Gasteiger partial charge in [0.05, 0.1) is 12.7 Å². The Labute approximate surface area is 151 Å². The van der Waals surface area contributed by atoms with Crippen molar-refractivity contribution in [2.45, 2.75) is 46.2 Å². The van der Waals surface area contributed by atoms with Gasteiger partial charge in [-0.2, -0.15) is 5.10 Å². The molecule has 0 aromatic carbocycles. The average Bonchev–Trinajstić information content (AvgIpc) is 2.81. The summed E-state index contributed by atoms with van der Waals surface area (Å²) in [5.74, 6) is 0.786. The van der Waals surface area contributed by atoms with Crippen LogP contribution < -0.4 is 11.1 Å². The standard InChI is InChI=1S/C15H27N5O.2ClH/c1-4-8-20-13(5-7-17-20)18-14(21)10-19-9-6-12(16)15(2,3)11-19;;/h5,7,12H,4,6,8-11,16H2,1-3H3,(H,18,21);2*1H. The van der Waals surface area contributed by atoms with Crippen molar-refractivity contribution in [3.63, 3.8) is 0 Å². The average molecular weight is 366 g/mol. The second-order valence-corrected chi connectivity index (χ2v) is 6.58. The molecule has 1 fully saturated rings. The Balaban J connectivity index is 0.00000242. The van der Waals surface area contributed by atoms with Gasteiger partial charge in [0.2, 0.25) is 5.91 Å². The lowest BCUT2D eigenvalue weighted by Crippen LogP contribution is -2.53. The Morgan fingerprint density at radius 3 is 2.78 bits per heavy atom. The highest BCUT2D eigenvalue weighted by molar-refractivity contribution is 5.91. The Morgan fingerprint density at radius 1 is 1.48 bits per heavy atom. The highest BCUT2D eigenvalue weighted by Gasteiger charge is 2.33. The first-order valence-electron chi connectivity index (χ1n) is 7.72. The van der Waals surface area contributed by atoms with Gasteiger partial charge in [-0.15, -0.1) is 24.8 Å². The molecule has 0 radical (unpaired) electrons. The van der Waals surface area contributed by atoms with Crippen LogP contribution in [-0.2, 0) is 11.3 Å². The maximum Gasteiger partial charge on any atom is 0.239 e. The predicted molar refractivity (Wildman–Crippen MR) is 98.5 cm³/mol. The summed E-state index contributed by atoms with van der Waals surface area (Å²) >= 11 is 0. The molecule has 1 aromatic rings. The summed E-state index contributed by atoms with van der Waals surface area (Å²) in [6.07, 6.45) is 3.64. The highest BCUT2D eigenvalue weighted by atomic mass is 35.5. The number of hydrogen-bond donors (Lipinski definition) is 2. The normalized spacial score (nSPS) is 20.3. The van der Waals surface area contributed by atoms with Crippen molar-refractivity contribution in [1.29, 1.82) is 0 Å². The van der Waals surface area contributed by atoms with Crippen LogP contribution in [0.15, 0.2) is 12.3 Å². The fourth-order valence-electron chi connectivity index (χ4n) is 2.83. The summed E-state index contributed by atoms with van der Waals surface area (Å²) in [4.78, 5) is 14.4. The van der Waals surface area contributed by atoms with E-state index in [1.54, 1.807) is 6.20 Å². The number of aryl methyl sites for hydroxylation is 1. The summed E-state index contributed by atoms with van der Waals surface area (Å²) in [6, 6.07) is 2.05. The van der Waals surface area contributed by atoms with E-state index in [0.717, 1.165) is 38.3 Å². The van der Waals surface area contributed by atoms with Gasteiger partial charge >= 0.3 is 0 Å². The molecule has 8 heteroatoms. The quantitative estimate of drug-likeness (QED) is 0.837. The maximum atomic E-state index is 12.2. The largest absolute Gasteiger partial charge is 0.327 e. The highest BCUT2D eigenvalue weighted by Crippen LogP contribution is 2.27. The zero-order valence-electron chi connectivity index (χ0n) is 14.1. The van der Waals surface area contributed by atoms with E-state index in [1.807, 2.05) is 10.7 Å². The van der Waals surface area contributed by atoms with Crippen LogP contribution in [0.2, 0.25) is 0 Å². The van der Waals surface area contributed by atoms with E-state index in [0.29, 0.717) is 6.54 Å². The topological polar surface area (TPSA) is 76.2 Å². The molecule has 23 heavy (non-hydrogen) atoms. The molecular formula is C15H29Cl2N5O. The lowest BCUT2D eigenvalue weighted by atomic mass is 9.80. The summed E-state index contributed by atoms with van der Waals surface area (Å²) in [5, 5.41) is 7.16. The van der Waals surface area contributed by atoms with E-state index in [4.69, 9.17) is 5.73 Å². The number of hydrogen-bond acceptors (Lipinski definition) is 4. The third-order valence-corrected chi connectivity index (χ3v) is 4.18. The Kier molecular flexibility index (Phi) is 9.13. The molecule has 0 saturated carbocycles. The molecule has 0 spiro atoms. The minimum atomic E-state index is 0. The third-order valence-electron chi connectivity index (χ3n) is 4.18. The molecule has 1 aliphatic heterocycles. The molecule has 1 aromatic heterocycles. The van der Waals surface area contributed by atoms with Gasteiger partial charge in [0.1, 0.15) is 5.82 Å². The van der Waals surface area contributed by atoms with E-state index >= 15 is 0 Å². The monoisotopic (exact) mass is 365 g/mol. The van der Waals surface area contributed by atoms with E-state index in [1.165, 1.54) is 0 Å². The molecule has 2 rings (SSSR count). The van der Waals surface area contributed by atoms with Crippen molar-refractivity contribution in [3.05, 3.63) is 12.3 Å². The van der Waals surface area contributed by atoms with Gasteiger partial charge < -0.3 is 11.1 Å². The Morgan fingerprint density at radius 2 is 2.17 bits per heavy atom. The van der Waals surface area contributed by atoms with Crippen molar-refractivity contribution in [2.75, 3.05) is 25.0 Å². The van der Waals surface area contributed by atoms with Gasteiger partial charge in [-0.25, -0.2) is 4.68 Å².